The van der Waals surface area contributed by atoms with Crippen molar-refractivity contribution in [1.82, 2.24) is 0 Å². The van der Waals surface area contributed by atoms with Gasteiger partial charge in [-0.2, -0.15) is 0 Å². The number of carbonyl (C=O) groups excluding carboxylic acids is 2. The molecule has 0 aliphatic rings. The van der Waals surface area contributed by atoms with Gasteiger partial charge in [0.05, 0.1) is 26.9 Å². The van der Waals surface area contributed by atoms with Crippen LogP contribution in [0.4, 0.5) is 0 Å². The molecule has 0 saturated carbocycles. The number of esters is 1. The van der Waals surface area contributed by atoms with E-state index in [2.05, 4.69) is 0 Å². The molecule has 0 aliphatic carbocycles. The summed E-state index contributed by atoms with van der Waals surface area (Å²) in [5.41, 5.74) is 0.199. The van der Waals surface area contributed by atoms with Crippen molar-refractivity contribution in [1.29, 1.82) is 0 Å². The van der Waals surface area contributed by atoms with Crippen LogP contribution in [-0.2, 0) is 4.74 Å². The number of aromatic hydroxyl groups is 1. The zero-order chi connectivity index (χ0) is 18.4. The summed E-state index contributed by atoms with van der Waals surface area (Å²) in [7, 11) is 4.36. The highest BCUT2D eigenvalue weighted by molar-refractivity contribution is 6.02. The lowest BCUT2D eigenvalue weighted by molar-refractivity contribution is 0.0471. The van der Waals surface area contributed by atoms with E-state index in [9.17, 15) is 14.7 Å². The number of hydrogen-bond donors (Lipinski definition) is 1. The molecule has 0 spiro atoms. The van der Waals surface area contributed by atoms with Gasteiger partial charge in [0.1, 0.15) is 28.6 Å². The van der Waals surface area contributed by atoms with Crippen molar-refractivity contribution in [3.63, 3.8) is 0 Å². The molecule has 0 aliphatic heterocycles. The Labute approximate surface area is 144 Å². The van der Waals surface area contributed by atoms with Crippen molar-refractivity contribution in [2.75, 3.05) is 27.9 Å². The van der Waals surface area contributed by atoms with Crippen molar-refractivity contribution in [3.8, 4) is 23.0 Å². The van der Waals surface area contributed by atoms with Gasteiger partial charge in [0.2, 0.25) is 5.78 Å². The summed E-state index contributed by atoms with van der Waals surface area (Å²) in [5.74, 6) is -0.310. The molecule has 25 heavy (non-hydrogen) atoms. The van der Waals surface area contributed by atoms with E-state index in [0.29, 0.717) is 17.2 Å². The fraction of sp³-hybridized carbons (Fsp3) is 0.222. The Hall–Kier alpha value is -3.22. The minimum atomic E-state index is -0.819. The van der Waals surface area contributed by atoms with Crippen LogP contribution in [0.2, 0.25) is 0 Å². The molecule has 7 heteroatoms. The third kappa shape index (κ3) is 4.20. The van der Waals surface area contributed by atoms with Gasteiger partial charge in [-0.15, -0.1) is 0 Å². The average Bonchev–Trinajstić information content (AvgIpc) is 2.64. The molecular formula is C18H18O7. The van der Waals surface area contributed by atoms with E-state index in [1.807, 2.05) is 0 Å². The number of hydrogen-bond acceptors (Lipinski definition) is 7. The zero-order valence-corrected chi connectivity index (χ0v) is 14.1. The Morgan fingerprint density at radius 1 is 0.880 bits per heavy atom. The van der Waals surface area contributed by atoms with Crippen LogP contribution < -0.4 is 14.2 Å². The Morgan fingerprint density at radius 3 is 2.04 bits per heavy atom. The number of Topliss-reactive ketones (excluding diaryl/α,β-unsaturated/α-hetero) is 1. The zero-order valence-electron chi connectivity index (χ0n) is 14.1. The molecule has 0 amide bonds. The first kappa shape index (κ1) is 18.1. The average molecular weight is 346 g/mol. The summed E-state index contributed by atoms with van der Waals surface area (Å²) in [6, 6.07) is 8.83. The van der Waals surface area contributed by atoms with Crippen LogP contribution in [0.25, 0.3) is 0 Å². The highest BCUT2D eigenvalue weighted by atomic mass is 16.5. The van der Waals surface area contributed by atoms with E-state index < -0.39 is 18.4 Å². The van der Waals surface area contributed by atoms with E-state index in [4.69, 9.17) is 18.9 Å². The van der Waals surface area contributed by atoms with Crippen LogP contribution in [0.15, 0.2) is 36.4 Å². The van der Waals surface area contributed by atoms with Crippen LogP contribution in [0.3, 0.4) is 0 Å². The number of carbonyl (C=O) groups is 2. The fourth-order valence-electron chi connectivity index (χ4n) is 2.13. The molecule has 0 saturated heterocycles. The lowest BCUT2D eigenvalue weighted by Gasteiger charge is -2.10. The Kier molecular flexibility index (Phi) is 5.84. The molecule has 7 nitrogen and oxygen atoms in total. The van der Waals surface area contributed by atoms with Gasteiger partial charge in [-0.05, 0) is 24.3 Å². The molecule has 0 radical (unpaired) electrons. The minimum absolute atomic E-state index is 0.0599. The maximum Gasteiger partial charge on any atom is 0.342 e. The van der Waals surface area contributed by atoms with E-state index in [1.54, 1.807) is 12.1 Å². The first-order valence-corrected chi connectivity index (χ1v) is 7.29. The summed E-state index contributed by atoms with van der Waals surface area (Å²) < 4.78 is 20.1. The van der Waals surface area contributed by atoms with Gasteiger partial charge in [0, 0.05) is 12.1 Å². The number of phenols is 1. The highest BCUT2D eigenvalue weighted by Gasteiger charge is 2.18. The molecule has 2 aromatic rings. The minimum Gasteiger partial charge on any atom is -0.507 e. The van der Waals surface area contributed by atoms with E-state index in [-0.39, 0.29) is 16.9 Å². The third-order valence-corrected chi connectivity index (χ3v) is 3.47. The molecule has 0 aromatic heterocycles. The van der Waals surface area contributed by atoms with Gasteiger partial charge in [0.15, 0.2) is 6.61 Å². The van der Waals surface area contributed by atoms with Crippen molar-refractivity contribution >= 4 is 11.8 Å². The molecule has 2 aromatic carbocycles. The van der Waals surface area contributed by atoms with Crippen LogP contribution in [0, 0.1) is 0 Å². The van der Waals surface area contributed by atoms with Gasteiger partial charge in [0.25, 0.3) is 0 Å². The Bertz CT molecular complexity index is 783. The van der Waals surface area contributed by atoms with Crippen molar-refractivity contribution < 1.29 is 33.6 Å². The number of phenolic OH excluding ortho intramolecular Hbond substituents is 1. The first-order chi connectivity index (χ1) is 12.0. The smallest absolute Gasteiger partial charge is 0.342 e. The number of methoxy groups -OCH3 is 3. The SMILES string of the molecule is COc1ccc(C(=O)OCC(=O)c2ccc(OC)cc2OC)c(O)c1. The summed E-state index contributed by atoms with van der Waals surface area (Å²) >= 11 is 0. The molecule has 0 bridgehead atoms. The molecular weight excluding hydrogens is 328 g/mol. The standard InChI is InChI=1S/C18H18O7/c1-22-11-5-7-14(15(19)8-11)18(21)25-10-16(20)13-6-4-12(23-2)9-17(13)24-3/h4-9,19H,10H2,1-3H3. The first-order valence-electron chi connectivity index (χ1n) is 7.29. The molecule has 0 fully saturated rings. The van der Waals surface area contributed by atoms with Crippen molar-refractivity contribution in [2.45, 2.75) is 0 Å². The van der Waals surface area contributed by atoms with Crippen LogP contribution in [0.1, 0.15) is 20.7 Å². The number of rotatable bonds is 7. The van der Waals surface area contributed by atoms with Crippen LogP contribution >= 0.6 is 0 Å². The summed E-state index contributed by atoms with van der Waals surface area (Å²) in [6.45, 7) is -0.493. The largest absolute Gasteiger partial charge is 0.507 e. The summed E-state index contributed by atoms with van der Waals surface area (Å²) in [4.78, 5) is 24.3. The van der Waals surface area contributed by atoms with Crippen LogP contribution in [-0.4, -0.2) is 44.8 Å². The van der Waals surface area contributed by atoms with E-state index in [0.717, 1.165) is 0 Å². The second-order valence-electron chi connectivity index (χ2n) is 4.95. The molecule has 132 valence electrons. The number of benzene rings is 2. The van der Waals surface area contributed by atoms with Gasteiger partial charge < -0.3 is 24.1 Å². The molecule has 1 N–H and O–H groups in total. The monoisotopic (exact) mass is 346 g/mol. The molecule has 0 unspecified atom stereocenters. The fourth-order valence-corrected chi connectivity index (χ4v) is 2.13. The quantitative estimate of drug-likeness (QED) is 0.608. The molecule has 2 rings (SSSR count). The normalized spacial score (nSPS) is 10.0. The summed E-state index contributed by atoms with van der Waals surface area (Å²) in [5, 5.41) is 9.82. The van der Waals surface area contributed by atoms with Crippen LogP contribution in [0.5, 0.6) is 23.0 Å². The highest BCUT2D eigenvalue weighted by Crippen LogP contribution is 2.26. The second kappa shape index (κ2) is 8.05. The van der Waals surface area contributed by atoms with Gasteiger partial charge in [-0.3, -0.25) is 4.79 Å². The third-order valence-electron chi connectivity index (χ3n) is 3.47. The van der Waals surface area contributed by atoms with Gasteiger partial charge in [-0.25, -0.2) is 4.79 Å². The molecule has 0 atom stereocenters. The lowest BCUT2D eigenvalue weighted by Crippen LogP contribution is -2.15. The Balaban J connectivity index is 2.08. The van der Waals surface area contributed by atoms with Gasteiger partial charge >= 0.3 is 5.97 Å². The van der Waals surface area contributed by atoms with E-state index in [1.165, 1.54) is 45.6 Å². The maximum absolute atomic E-state index is 12.3. The second-order valence-corrected chi connectivity index (χ2v) is 4.95. The number of ether oxygens (including phenoxy) is 4. The van der Waals surface area contributed by atoms with E-state index >= 15 is 0 Å². The molecule has 0 heterocycles. The predicted octanol–water partition coefficient (Wildman–Crippen LogP) is 2.46. The van der Waals surface area contributed by atoms with Crippen molar-refractivity contribution in [3.05, 3.63) is 47.5 Å². The topological polar surface area (TPSA) is 91.3 Å². The Morgan fingerprint density at radius 2 is 1.48 bits per heavy atom. The maximum atomic E-state index is 12.3. The lowest BCUT2D eigenvalue weighted by atomic mass is 10.1. The predicted molar refractivity (Wildman–Crippen MR) is 88.8 cm³/mol. The number of ketones is 1. The summed E-state index contributed by atoms with van der Waals surface area (Å²) in [6.07, 6.45) is 0. The van der Waals surface area contributed by atoms with Crippen molar-refractivity contribution in [2.24, 2.45) is 0 Å². The van der Waals surface area contributed by atoms with Gasteiger partial charge in [-0.1, -0.05) is 0 Å².